The van der Waals surface area contributed by atoms with Crippen molar-refractivity contribution in [2.45, 2.75) is 0 Å². The molecule has 2 aromatic rings. The van der Waals surface area contributed by atoms with Gasteiger partial charge in [-0.25, -0.2) is 4.39 Å². The van der Waals surface area contributed by atoms with Crippen LogP contribution >= 0.6 is 27.5 Å². The standard InChI is InChI=1S/C13H7BrClFN2O3/c14-9-6-7(18(20)21)5-8(12(9)16)13(19)17-11-4-2-1-3-10(11)15/h1-6H,(H,17,19). The van der Waals surface area contributed by atoms with Crippen LogP contribution in [-0.4, -0.2) is 10.8 Å². The number of hydrogen-bond donors (Lipinski definition) is 1. The van der Waals surface area contributed by atoms with Gasteiger partial charge in [-0.15, -0.1) is 0 Å². The maximum Gasteiger partial charge on any atom is 0.271 e. The van der Waals surface area contributed by atoms with E-state index in [0.29, 0.717) is 0 Å². The third-order valence-corrected chi connectivity index (χ3v) is 3.50. The number of amides is 1. The minimum absolute atomic E-state index is 0.166. The van der Waals surface area contributed by atoms with Gasteiger partial charge in [0.1, 0.15) is 0 Å². The lowest BCUT2D eigenvalue weighted by molar-refractivity contribution is -0.385. The molecule has 1 amide bonds. The van der Waals surface area contributed by atoms with Crippen molar-refractivity contribution >= 4 is 44.8 Å². The number of nitrogens with one attached hydrogen (secondary N) is 1. The molecule has 0 saturated heterocycles. The summed E-state index contributed by atoms with van der Waals surface area (Å²) in [7, 11) is 0. The Balaban J connectivity index is 2.39. The lowest BCUT2D eigenvalue weighted by Gasteiger charge is -2.08. The molecule has 0 unspecified atom stereocenters. The summed E-state index contributed by atoms with van der Waals surface area (Å²) in [6.07, 6.45) is 0. The van der Waals surface area contributed by atoms with Gasteiger partial charge in [-0.2, -0.15) is 0 Å². The average Bonchev–Trinajstić information content (AvgIpc) is 2.43. The van der Waals surface area contributed by atoms with E-state index in [-0.39, 0.29) is 15.2 Å². The van der Waals surface area contributed by atoms with Crippen LogP contribution in [0.4, 0.5) is 15.8 Å². The molecule has 0 atom stereocenters. The van der Waals surface area contributed by atoms with Crippen LogP contribution in [0, 0.1) is 15.9 Å². The van der Waals surface area contributed by atoms with Gasteiger partial charge in [0.05, 0.1) is 25.7 Å². The van der Waals surface area contributed by atoms with Crippen LogP contribution in [0.1, 0.15) is 10.4 Å². The second-order valence-corrected chi connectivity index (χ2v) is 5.24. The zero-order chi connectivity index (χ0) is 15.6. The smallest absolute Gasteiger partial charge is 0.271 e. The molecule has 0 heterocycles. The molecule has 0 aromatic heterocycles. The lowest BCUT2D eigenvalue weighted by Crippen LogP contribution is -2.14. The van der Waals surface area contributed by atoms with E-state index in [4.69, 9.17) is 11.6 Å². The Morgan fingerprint density at radius 2 is 2.00 bits per heavy atom. The minimum atomic E-state index is -0.884. The topological polar surface area (TPSA) is 72.2 Å². The van der Waals surface area contributed by atoms with Crippen LogP contribution < -0.4 is 5.32 Å². The van der Waals surface area contributed by atoms with E-state index in [0.717, 1.165) is 12.1 Å². The van der Waals surface area contributed by atoms with Gasteiger partial charge < -0.3 is 5.32 Å². The third-order valence-electron chi connectivity index (χ3n) is 2.59. The number of carbonyl (C=O) groups is 1. The van der Waals surface area contributed by atoms with Crippen molar-refractivity contribution in [3.05, 3.63) is 67.4 Å². The molecule has 8 heteroatoms. The molecular formula is C13H7BrClFN2O3. The molecule has 0 aliphatic heterocycles. The van der Waals surface area contributed by atoms with E-state index in [1.165, 1.54) is 6.07 Å². The summed E-state index contributed by atoms with van der Waals surface area (Å²) < 4.78 is 13.8. The van der Waals surface area contributed by atoms with Crippen molar-refractivity contribution in [1.29, 1.82) is 0 Å². The summed E-state index contributed by atoms with van der Waals surface area (Å²) in [5, 5.41) is 13.4. The van der Waals surface area contributed by atoms with Crippen LogP contribution in [0.2, 0.25) is 5.02 Å². The lowest BCUT2D eigenvalue weighted by atomic mass is 10.1. The molecule has 108 valence electrons. The second kappa shape index (κ2) is 6.19. The van der Waals surface area contributed by atoms with Crippen LogP contribution in [0.25, 0.3) is 0 Å². The van der Waals surface area contributed by atoms with E-state index >= 15 is 0 Å². The number of benzene rings is 2. The summed E-state index contributed by atoms with van der Waals surface area (Å²) in [6.45, 7) is 0. The van der Waals surface area contributed by atoms with E-state index in [1.54, 1.807) is 18.2 Å². The highest BCUT2D eigenvalue weighted by Gasteiger charge is 2.21. The maximum absolute atomic E-state index is 13.9. The fourth-order valence-corrected chi connectivity index (χ4v) is 2.23. The van der Waals surface area contributed by atoms with Crippen molar-refractivity contribution in [3.63, 3.8) is 0 Å². The third kappa shape index (κ3) is 3.37. The Morgan fingerprint density at radius 3 is 2.62 bits per heavy atom. The fraction of sp³-hybridized carbons (Fsp3) is 0. The van der Waals surface area contributed by atoms with Gasteiger partial charge in [0, 0.05) is 12.1 Å². The molecule has 0 aliphatic rings. The number of anilines is 1. The minimum Gasteiger partial charge on any atom is -0.321 e. The molecule has 2 aromatic carbocycles. The van der Waals surface area contributed by atoms with Gasteiger partial charge in [-0.3, -0.25) is 14.9 Å². The molecular weight excluding hydrogens is 367 g/mol. The summed E-state index contributed by atoms with van der Waals surface area (Å²) in [6, 6.07) is 8.25. The Hall–Kier alpha value is -1.99. The Morgan fingerprint density at radius 1 is 1.33 bits per heavy atom. The van der Waals surface area contributed by atoms with Crippen molar-refractivity contribution in [3.8, 4) is 0 Å². The first kappa shape index (κ1) is 15.4. The van der Waals surface area contributed by atoms with Gasteiger partial charge in [-0.05, 0) is 28.1 Å². The van der Waals surface area contributed by atoms with Gasteiger partial charge in [0.2, 0.25) is 0 Å². The number of hydrogen-bond acceptors (Lipinski definition) is 3. The van der Waals surface area contributed by atoms with Crippen LogP contribution in [0.3, 0.4) is 0 Å². The second-order valence-electron chi connectivity index (χ2n) is 3.98. The Kier molecular flexibility index (Phi) is 4.54. The Labute approximate surface area is 132 Å². The predicted molar refractivity (Wildman–Crippen MR) is 80.2 cm³/mol. The number of rotatable bonds is 3. The molecule has 0 bridgehead atoms. The predicted octanol–water partition coefficient (Wildman–Crippen LogP) is 4.40. The molecule has 0 aliphatic carbocycles. The quantitative estimate of drug-likeness (QED) is 0.640. The fourth-order valence-electron chi connectivity index (χ4n) is 1.60. The SMILES string of the molecule is O=C(Nc1ccccc1Cl)c1cc([N+](=O)[O-])cc(Br)c1F. The molecule has 1 N–H and O–H groups in total. The molecule has 21 heavy (non-hydrogen) atoms. The van der Waals surface area contributed by atoms with Gasteiger partial charge in [0.15, 0.2) is 5.82 Å². The number of nitro benzene ring substituents is 1. The molecule has 5 nitrogen and oxygen atoms in total. The van der Waals surface area contributed by atoms with Crippen molar-refractivity contribution < 1.29 is 14.1 Å². The number of nitrogens with zero attached hydrogens (tertiary/aromatic N) is 1. The number of halogens is 3. The normalized spacial score (nSPS) is 10.2. The van der Waals surface area contributed by atoms with Crippen LogP contribution in [-0.2, 0) is 0 Å². The zero-order valence-corrected chi connectivity index (χ0v) is 12.6. The largest absolute Gasteiger partial charge is 0.321 e. The maximum atomic E-state index is 13.9. The van der Waals surface area contributed by atoms with Crippen molar-refractivity contribution in [2.75, 3.05) is 5.32 Å². The summed E-state index contributed by atoms with van der Waals surface area (Å²) >= 11 is 8.73. The van der Waals surface area contributed by atoms with Crippen molar-refractivity contribution in [2.24, 2.45) is 0 Å². The van der Waals surface area contributed by atoms with Gasteiger partial charge in [-0.1, -0.05) is 23.7 Å². The highest BCUT2D eigenvalue weighted by atomic mass is 79.9. The van der Waals surface area contributed by atoms with Crippen molar-refractivity contribution in [1.82, 2.24) is 0 Å². The van der Waals surface area contributed by atoms with E-state index in [2.05, 4.69) is 21.2 Å². The molecule has 2 rings (SSSR count). The number of nitro groups is 1. The molecule has 0 spiro atoms. The highest BCUT2D eigenvalue weighted by Crippen LogP contribution is 2.27. The molecule has 0 radical (unpaired) electrons. The summed E-state index contributed by atoms with van der Waals surface area (Å²) in [5.41, 5.74) is -0.560. The average molecular weight is 374 g/mol. The first-order chi connectivity index (χ1) is 9.90. The van der Waals surface area contributed by atoms with Gasteiger partial charge >= 0.3 is 0 Å². The Bertz CT molecular complexity index is 739. The first-order valence-electron chi connectivity index (χ1n) is 5.59. The van der Waals surface area contributed by atoms with E-state index in [9.17, 15) is 19.3 Å². The summed E-state index contributed by atoms with van der Waals surface area (Å²) in [5.74, 6) is -1.71. The van der Waals surface area contributed by atoms with E-state index in [1.807, 2.05) is 0 Å². The van der Waals surface area contributed by atoms with E-state index < -0.39 is 27.9 Å². The highest BCUT2D eigenvalue weighted by molar-refractivity contribution is 9.10. The molecule has 0 saturated carbocycles. The first-order valence-corrected chi connectivity index (χ1v) is 6.76. The number of para-hydroxylation sites is 1. The number of non-ortho nitro benzene ring substituents is 1. The zero-order valence-electron chi connectivity index (χ0n) is 10.3. The number of carbonyl (C=O) groups excluding carboxylic acids is 1. The molecule has 0 fully saturated rings. The van der Waals surface area contributed by atoms with Gasteiger partial charge in [0.25, 0.3) is 11.6 Å². The van der Waals surface area contributed by atoms with Crippen LogP contribution in [0.15, 0.2) is 40.9 Å². The van der Waals surface area contributed by atoms with Crippen LogP contribution in [0.5, 0.6) is 0 Å². The monoisotopic (exact) mass is 372 g/mol. The summed E-state index contributed by atoms with van der Waals surface area (Å²) in [4.78, 5) is 22.1.